The molecule has 0 aromatic heterocycles. The van der Waals surface area contributed by atoms with Gasteiger partial charge in [0.2, 0.25) is 5.91 Å². The maximum Gasteiger partial charge on any atom is 0.250 e. The molecule has 1 N–H and O–H groups in total. The molecule has 3 atom stereocenters. The zero-order valence-electron chi connectivity index (χ0n) is 16.5. The number of anilines is 1. The topological polar surface area (TPSA) is 49.4 Å². The van der Waals surface area contributed by atoms with Gasteiger partial charge in [0.15, 0.2) is 5.78 Å². The predicted octanol–water partition coefficient (Wildman–Crippen LogP) is 4.20. The number of benzene rings is 3. The number of carbonyl (C=O) groups is 2. The quantitative estimate of drug-likeness (QED) is 0.671. The molecule has 1 amide bonds. The number of fused-ring (bicyclic) bond motifs is 2. The Morgan fingerprint density at radius 2 is 1.67 bits per heavy atom. The highest BCUT2D eigenvalue weighted by Gasteiger charge is 2.64. The molecule has 0 bridgehead atoms. The molecule has 150 valence electrons. The number of halogens is 1. The summed E-state index contributed by atoms with van der Waals surface area (Å²) in [5.74, 6) is -1.49. The molecule has 1 fully saturated rings. The number of nitrogens with one attached hydrogen (secondary N) is 1. The van der Waals surface area contributed by atoms with Crippen molar-refractivity contribution in [3.63, 3.8) is 0 Å². The second-order valence-electron chi connectivity index (χ2n) is 8.01. The third kappa shape index (κ3) is 2.55. The van der Waals surface area contributed by atoms with Crippen molar-refractivity contribution in [2.45, 2.75) is 11.5 Å². The summed E-state index contributed by atoms with van der Waals surface area (Å²) in [4.78, 5) is 29.3. The molecule has 0 unspecified atom stereocenters. The Balaban J connectivity index is 1.73. The first-order chi connectivity index (χ1) is 14.5. The van der Waals surface area contributed by atoms with E-state index in [-0.39, 0.29) is 23.4 Å². The fraction of sp³-hybridized carbons (Fsp3) is 0.200. The highest BCUT2D eigenvalue weighted by molar-refractivity contribution is 6.12. The number of nitrogens with zero attached hydrogens (tertiary/aromatic N) is 1. The predicted molar refractivity (Wildman–Crippen MR) is 113 cm³/mol. The zero-order valence-corrected chi connectivity index (χ0v) is 16.5. The van der Waals surface area contributed by atoms with Crippen LogP contribution < -0.4 is 5.32 Å². The van der Waals surface area contributed by atoms with Crippen molar-refractivity contribution in [3.8, 4) is 0 Å². The monoisotopic (exact) mass is 400 g/mol. The van der Waals surface area contributed by atoms with Gasteiger partial charge in [0, 0.05) is 29.3 Å². The summed E-state index contributed by atoms with van der Waals surface area (Å²) in [5.41, 5.74) is 1.87. The lowest BCUT2D eigenvalue weighted by molar-refractivity contribution is -0.126. The minimum absolute atomic E-state index is 0.0823. The summed E-state index contributed by atoms with van der Waals surface area (Å²) < 4.78 is 13.6. The number of hydrogen-bond acceptors (Lipinski definition) is 3. The SMILES string of the molecule is CN1C[C@H](c2ccc(F)cc2)[C@@H](C(=O)c2ccccc2)[C@]12C(=O)Nc1ccccc12. The van der Waals surface area contributed by atoms with Crippen molar-refractivity contribution in [3.05, 3.63) is 101 Å². The van der Waals surface area contributed by atoms with Gasteiger partial charge in [-0.15, -0.1) is 0 Å². The van der Waals surface area contributed by atoms with Crippen molar-refractivity contribution in [2.24, 2.45) is 5.92 Å². The van der Waals surface area contributed by atoms with E-state index in [4.69, 9.17) is 0 Å². The third-order valence-electron chi connectivity index (χ3n) is 6.50. The lowest BCUT2D eigenvalue weighted by Crippen LogP contribution is -2.51. The van der Waals surface area contributed by atoms with Crippen LogP contribution in [0.15, 0.2) is 78.9 Å². The second kappa shape index (κ2) is 6.89. The van der Waals surface area contributed by atoms with E-state index in [2.05, 4.69) is 5.32 Å². The summed E-state index contributed by atoms with van der Waals surface area (Å²) in [6.45, 7) is 0.511. The van der Waals surface area contributed by atoms with E-state index in [1.54, 1.807) is 24.3 Å². The molecule has 30 heavy (non-hydrogen) atoms. The smallest absolute Gasteiger partial charge is 0.250 e. The first kappa shape index (κ1) is 18.7. The Bertz CT molecular complexity index is 1130. The molecule has 5 heteroatoms. The fourth-order valence-corrected chi connectivity index (χ4v) is 5.19. The van der Waals surface area contributed by atoms with Crippen LogP contribution >= 0.6 is 0 Å². The summed E-state index contributed by atoms with van der Waals surface area (Å²) in [7, 11) is 1.89. The van der Waals surface area contributed by atoms with E-state index in [9.17, 15) is 14.0 Å². The number of rotatable bonds is 3. The first-order valence-corrected chi connectivity index (χ1v) is 10.0. The van der Waals surface area contributed by atoms with Gasteiger partial charge < -0.3 is 5.32 Å². The number of hydrogen-bond donors (Lipinski definition) is 1. The van der Waals surface area contributed by atoms with Gasteiger partial charge in [-0.25, -0.2) is 4.39 Å². The Morgan fingerprint density at radius 1 is 1.00 bits per heavy atom. The Morgan fingerprint density at radius 3 is 2.40 bits per heavy atom. The van der Waals surface area contributed by atoms with Crippen molar-refractivity contribution in [1.29, 1.82) is 0 Å². The number of ketones is 1. The molecule has 2 aliphatic heterocycles. The van der Waals surface area contributed by atoms with Crippen molar-refractivity contribution in [1.82, 2.24) is 4.90 Å². The number of likely N-dealkylation sites (N-methyl/N-ethyl adjacent to an activating group) is 1. The van der Waals surface area contributed by atoms with Gasteiger partial charge in [-0.05, 0) is 30.8 Å². The van der Waals surface area contributed by atoms with Gasteiger partial charge in [-0.3, -0.25) is 14.5 Å². The molecule has 1 saturated heterocycles. The van der Waals surface area contributed by atoms with Crippen LogP contribution in [0, 0.1) is 11.7 Å². The molecule has 3 aromatic carbocycles. The lowest BCUT2D eigenvalue weighted by Gasteiger charge is -2.35. The summed E-state index contributed by atoms with van der Waals surface area (Å²) in [6, 6.07) is 22.9. The van der Waals surface area contributed by atoms with E-state index in [0.29, 0.717) is 12.1 Å². The Labute approximate surface area is 174 Å². The minimum Gasteiger partial charge on any atom is -0.324 e. The van der Waals surface area contributed by atoms with Crippen LogP contribution in [0.3, 0.4) is 0 Å². The Hall–Kier alpha value is -3.31. The number of Topliss-reactive ketones (excluding diaryl/α,β-unsaturated/α-hetero) is 1. The van der Waals surface area contributed by atoms with Crippen LogP contribution in [0.5, 0.6) is 0 Å². The third-order valence-corrected chi connectivity index (χ3v) is 6.50. The van der Waals surface area contributed by atoms with Crippen LogP contribution in [0.4, 0.5) is 10.1 Å². The standard InChI is InChI=1S/C25H21FN2O2/c1-28-15-19(16-11-13-18(26)14-12-16)22(23(29)17-7-3-2-4-8-17)25(28)20-9-5-6-10-21(20)27-24(25)30/h2-14,19,22H,15H2,1H3,(H,27,30)/t19-,22+,25-/m1/s1. The first-order valence-electron chi connectivity index (χ1n) is 10.0. The van der Waals surface area contributed by atoms with Crippen molar-refractivity contribution < 1.29 is 14.0 Å². The van der Waals surface area contributed by atoms with Crippen molar-refractivity contribution >= 4 is 17.4 Å². The van der Waals surface area contributed by atoms with E-state index >= 15 is 0 Å². The average Bonchev–Trinajstić information content (AvgIpc) is 3.24. The zero-order chi connectivity index (χ0) is 20.9. The molecule has 5 rings (SSSR count). The van der Waals surface area contributed by atoms with Crippen LogP contribution in [0.2, 0.25) is 0 Å². The normalized spacial score (nSPS) is 25.3. The highest BCUT2D eigenvalue weighted by atomic mass is 19.1. The second-order valence-corrected chi connectivity index (χ2v) is 8.01. The minimum atomic E-state index is -1.11. The highest BCUT2D eigenvalue weighted by Crippen LogP contribution is 2.55. The van der Waals surface area contributed by atoms with Gasteiger partial charge in [0.05, 0.1) is 5.92 Å². The maximum absolute atomic E-state index is 13.9. The van der Waals surface area contributed by atoms with E-state index < -0.39 is 11.5 Å². The van der Waals surface area contributed by atoms with Gasteiger partial charge in [-0.1, -0.05) is 60.7 Å². The largest absolute Gasteiger partial charge is 0.324 e. The molecular weight excluding hydrogens is 379 g/mol. The fourth-order valence-electron chi connectivity index (χ4n) is 5.19. The molecule has 0 saturated carbocycles. The molecule has 2 aliphatic rings. The Kier molecular flexibility index (Phi) is 4.29. The van der Waals surface area contributed by atoms with Gasteiger partial charge >= 0.3 is 0 Å². The average molecular weight is 400 g/mol. The molecule has 0 aliphatic carbocycles. The van der Waals surface area contributed by atoms with Crippen LogP contribution in [0.25, 0.3) is 0 Å². The van der Waals surface area contributed by atoms with Crippen LogP contribution in [-0.4, -0.2) is 30.2 Å². The summed E-state index contributed by atoms with van der Waals surface area (Å²) in [6.07, 6.45) is 0. The van der Waals surface area contributed by atoms with Crippen LogP contribution in [-0.2, 0) is 10.3 Å². The van der Waals surface area contributed by atoms with E-state index in [1.165, 1.54) is 12.1 Å². The number of likely N-dealkylation sites (tertiary alicyclic amines) is 1. The number of amides is 1. The van der Waals surface area contributed by atoms with E-state index in [0.717, 1.165) is 16.8 Å². The number of carbonyl (C=O) groups excluding carboxylic acids is 2. The summed E-state index contributed by atoms with van der Waals surface area (Å²) >= 11 is 0. The van der Waals surface area contributed by atoms with Crippen molar-refractivity contribution in [2.75, 3.05) is 18.9 Å². The van der Waals surface area contributed by atoms with E-state index in [1.807, 2.05) is 54.4 Å². The molecule has 2 heterocycles. The number of para-hydroxylation sites is 1. The summed E-state index contributed by atoms with van der Waals surface area (Å²) in [5, 5.41) is 2.99. The maximum atomic E-state index is 13.9. The molecular formula is C25H21FN2O2. The van der Waals surface area contributed by atoms with Gasteiger partial charge in [-0.2, -0.15) is 0 Å². The van der Waals surface area contributed by atoms with Crippen LogP contribution in [0.1, 0.15) is 27.4 Å². The molecule has 0 radical (unpaired) electrons. The van der Waals surface area contributed by atoms with Gasteiger partial charge in [0.25, 0.3) is 0 Å². The lowest BCUT2D eigenvalue weighted by atomic mass is 9.70. The molecule has 1 spiro atoms. The molecule has 3 aromatic rings. The molecule has 4 nitrogen and oxygen atoms in total. The van der Waals surface area contributed by atoms with Gasteiger partial charge in [0.1, 0.15) is 11.4 Å².